The van der Waals surface area contributed by atoms with E-state index in [2.05, 4.69) is 0 Å². The molecule has 0 heterocycles. The molecule has 1 fully saturated rings. The minimum absolute atomic E-state index is 0.0347. The Balaban J connectivity index is 2.42. The second-order valence-electron chi connectivity index (χ2n) is 4.04. The molecule has 1 aromatic rings. The fraction of sp³-hybridized carbons (Fsp3) is 0.364. The van der Waals surface area contributed by atoms with Gasteiger partial charge in [-0.25, -0.2) is 8.78 Å². The van der Waals surface area contributed by atoms with E-state index in [-0.39, 0.29) is 23.1 Å². The standard InChI is InChI=1S/C11H13F2N3/c1-16(7-2-3-7)10-8(12)4-6(11(14)15)5-9(10)13/h4-5,7H,2-3H2,1H3,(H3,14,15). The molecule has 86 valence electrons. The van der Waals surface area contributed by atoms with Crippen molar-refractivity contribution >= 4 is 11.5 Å². The monoisotopic (exact) mass is 225 g/mol. The van der Waals surface area contributed by atoms with Crippen molar-refractivity contribution < 1.29 is 8.78 Å². The molecule has 0 radical (unpaired) electrons. The maximum Gasteiger partial charge on any atom is 0.150 e. The van der Waals surface area contributed by atoms with Crippen molar-refractivity contribution in [3.05, 3.63) is 29.3 Å². The summed E-state index contributed by atoms with van der Waals surface area (Å²) in [5.74, 6) is -1.67. The molecular weight excluding hydrogens is 212 g/mol. The lowest BCUT2D eigenvalue weighted by Crippen LogP contribution is -2.23. The summed E-state index contributed by atoms with van der Waals surface area (Å²) in [6, 6.07) is 2.42. The van der Waals surface area contributed by atoms with Gasteiger partial charge in [-0.1, -0.05) is 0 Å². The predicted octanol–water partition coefficient (Wildman–Crippen LogP) is 1.85. The van der Waals surface area contributed by atoms with Crippen LogP contribution < -0.4 is 10.6 Å². The van der Waals surface area contributed by atoms with Gasteiger partial charge in [-0.2, -0.15) is 0 Å². The lowest BCUT2D eigenvalue weighted by Gasteiger charge is -2.20. The molecule has 0 spiro atoms. The number of nitrogen functional groups attached to an aromatic ring is 1. The fourth-order valence-corrected chi connectivity index (χ4v) is 1.70. The molecule has 0 saturated heterocycles. The lowest BCUT2D eigenvalue weighted by molar-refractivity contribution is 0.575. The van der Waals surface area contributed by atoms with Gasteiger partial charge in [-0.05, 0) is 25.0 Å². The molecule has 2 rings (SSSR count). The van der Waals surface area contributed by atoms with Crippen LogP contribution >= 0.6 is 0 Å². The summed E-state index contributed by atoms with van der Waals surface area (Å²) in [6.07, 6.45) is 1.92. The summed E-state index contributed by atoms with van der Waals surface area (Å²) in [4.78, 5) is 1.61. The van der Waals surface area contributed by atoms with Crippen LogP contribution in [0.1, 0.15) is 18.4 Å². The third-order valence-electron chi connectivity index (χ3n) is 2.78. The summed E-state index contributed by atoms with van der Waals surface area (Å²) < 4.78 is 27.4. The van der Waals surface area contributed by atoms with Crippen LogP contribution in [0.25, 0.3) is 0 Å². The van der Waals surface area contributed by atoms with E-state index in [1.54, 1.807) is 11.9 Å². The molecule has 1 aliphatic carbocycles. The number of nitrogens with one attached hydrogen (secondary N) is 1. The lowest BCUT2D eigenvalue weighted by atomic mass is 10.1. The van der Waals surface area contributed by atoms with Crippen LogP contribution in [0.15, 0.2) is 12.1 Å². The van der Waals surface area contributed by atoms with Gasteiger partial charge in [0.2, 0.25) is 0 Å². The quantitative estimate of drug-likeness (QED) is 0.609. The number of benzene rings is 1. The number of hydrogen-bond donors (Lipinski definition) is 2. The zero-order valence-electron chi connectivity index (χ0n) is 8.93. The number of hydrogen-bond acceptors (Lipinski definition) is 2. The number of nitrogens with zero attached hydrogens (tertiary/aromatic N) is 1. The van der Waals surface area contributed by atoms with Crippen LogP contribution in [-0.4, -0.2) is 18.9 Å². The normalized spacial score (nSPS) is 14.9. The van der Waals surface area contributed by atoms with Crippen molar-refractivity contribution in [2.24, 2.45) is 5.73 Å². The first kappa shape index (κ1) is 10.9. The molecule has 0 atom stereocenters. The summed E-state index contributed by atoms with van der Waals surface area (Å²) in [5, 5.41) is 7.13. The van der Waals surface area contributed by atoms with Gasteiger partial charge < -0.3 is 10.6 Å². The molecule has 1 saturated carbocycles. The Kier molecular flexibility index (Phi) is 2.53. The predicted molar refractivity (Wildman–Crippen MR) is 58.8 cm³/mol. The van der Waals surface area contributed by atoms with Crippen LogP contribution in [0, 0.1) is 17.0 Å². The zero-order chi connectivity index (χ0) is 11.9. The SMILES string of the molecule is CN(c1c(F)cc(C(=N)N)cc1F)C1CC1. The van der Waals surface area contributed by atoms with E-state index < -0.39 is 11.6 Å². The van der Waals surface area contributed by atoms with E-state index >= 15 is 0 Å². The van der Waals surface area contributed by atoms with E-state index in [9.17, 15) is 8.78 Å². The van der Waals surface area contributed by atoms with Gasteiger partial charge >= 0.3 is 0 Å². The second-order valence-corrected chi connectivity index (χ2v) is 4.04. The highest BCUT2D eigenvalue weighted by Gasteiger charge is 2.30. The van der Waals surface area contributed by atoms with Gasteiger partial charge in [0.15, 0.2) is 0 Å². The van der Waals surface area contributed by atoms with Crippen LogP contribution in [0.5, 0.6) is 0 Å². The highest BCUT2D eigenvalue weighted by atomic mass is 19.1. The van der Waals surface area contributed by atoms with Crippen molar-refractivity contribution in [3.63, 3.8) is 0 Å². The molecule has 1 aliphatic rings. The molecule has 0 aliphatic heterocycles. The number of nitrogens with two attached hydrogens (primary N) is 1. The second kappa shape index (κ2) is 3.73. The number of anilines is 1. The van der Waals surface area contributed by atoms with Crippen LogP contribution in [-0.2, 0) is 0 Å². The van der Waals surface area contributed by atoms with Crippen LogP contribution in [0.3, 0.4) is 0 Å². The van der Waals surface area contributed by atoms with Crippen molar-refractivity contribution in [1.29, 1.82) is 5.41 Å². The van der Waals surface area contributed by atoms with Crippen molar-refractivity contribution in [2.75, 3.05) is 11.9 Å². The summed E-state index contributed by atoms with van der Waals surface area (Å²) >= 11 is 0. The minimum Gasteiger partial charge on any atom is -0.384 e. The third kappa shape index (κ3) is 1.85. The topological polar surface area (TPSA) is 53.1 Å². The number of amidine groups is 1. The van der Waals surface area contributed by atoms with E-state index in [1.165, 1.54) is 0 Å². The van der Waals surface area contributed by atoms with Gasteiger partial charge in [0, 0.05) is 18.7 Å². The van der Waals surface area contributed by atoms with Crippen molar-refractivity contribution in [3.8, 4) is 0 Å². The average molecular weight is 225 g/mol. The Morgan fingerprint density at radius 3 is 2.25 bits per heavy atom. The summed E-state index contributed by atoms with van der Waals surface area (Å²) in [5.41, 5.74) is 5.22. The molecule has 0 amide bonds. The summed E-state index contributed by atoms with van der Waals surface area (Å²) in [7, 11) is 1.67. The van der Waals surface area contributed by atoms with Gasteiger partial charge in [0.05, 0.1) is 0 Å². The van der Waals surface area contributed by atoms with Crippen molar-refractivity contribution in [2.45, 2.75) is 18.9 Å². The molecule has 0 bridgehead atoms. The molecule has 3 nitrogen and oxygen atoms in total. The highest BCUT2D eigenvalue weighted by molar-refractivity contribution is 5.95. The zero-order valence-corrected chi connectivity index (χ0v) is 8.93. The fourth-order valence-electron chi connectivity index (χ4n) is 1.70. The molecule has 0 unspecified atom stereocenters. The molecule has 1 aromatic carbocycles. The Bertz CT molecular complexity index is 418. The summed E-state index contributed by atoms with van der Waals surface area (Å²) in [6.45, 7) is 0. The average Bonchev–Trinajstić information content (AvgIpc) is 2.98. The maximum absolute atomic E-state index is 13.7. The van der Waals surface area contributed by atoms with Gasteiger partial charge in [0.25, 0.3) is 0 Å². The van der Waals surface area contributed by atoms with E-state index in [0.29, 0.717) is 0 Å². The third-order valence-corrected chi connectivity index (χ3v) is 2.78. The minimum atomic E-state index is -0.667. The van der Waals surface area contributed by atoms with Crippen LogP contribution in [0.4, 0.5) is 14.5 Å². The Morgan fingerprint density at radius 2 is 1.88 bits per heavy atom. The van der Waals surface area contributed by atoms with E-state index in [0.717, 1.165) is 25.0 Å². The van der Waals surface area contributed by atoms with Gasteiger partial charge in [0.1, 0.15) is 23.2 Å². The number of halogens is 2. The number of rotatable bonds is 3. The Labute approximate surface area is 92.4 Å². The smallest absolute Gasteiger partial charge is 0.150 e. The van der Waals surface area contributed by atoms with E-state index in [4.69, 9.17) is 11.1 Å². The first-order valence-corrected chi connectivity index (χ1v) is 5.07. The highest BCUT2D eigenvalue weighted by Crippen LogP contribution is 2.33. The van der Waals surface area contributed by atoms with Gasteiger partial charge in [-0.15, -0.1) is 0 Å². The Morgan fingerprint density at radius 1 is 1.38 bits per heavy atom. The first-order valence-electron chi connectivity index (χ1n) is 5.07. The van der Waals surface area contributed by atoms with Crippen molar-refractivity contribution in [1.82, 2.24) is 0 Å². The largest absolute Gasteiger partial charge is 0.384 e. The first-order chi connectivity index (χ1) is 7.50. The molecule has 5 heteroatoms. The van der Waals surface area contributed by atoms with E-state index in [1.807, 2.05) is 0 Å². The maximum atomic E-state index is 13.7. The molecular formula is C11H13F2N3. The van der Waals surface area contributed by atoms with Gasteiger partial charge in [-0.3, -0.25) is 5.41 Å². The molecule has 3 N–H and O–H groups in total. The molecule has 0 aromatic heterocycles. The Hall–Kier alpha value is -1.65. The molecule has 16 heavy (non-hydrogen) atoms. The van der Waals surface area contributed by atoms with Crippen LogP contribution in [0.2, 0.25) is 0 Å².